The van der Waals surface area contributed by atoms with Crippen LogP contribution in [0.4, 0.5) is 0 Å². The summed E-state index contributed by atoms with van der Waals surface area (Å²) in [6.45, 7) is 0. The molecule has 126 valence electrons. The zero-order valence-corrected chi connectivity index (χ0v) is 15.2. The van der Waals surface area contributed by atoms with Crippen molar-refractivity contribution >= 4 is 23.4 Å². The number of hydrogen-bond acceptors (Lipinski definition) is 4. The van der Waals surface area contributed by atoms with Crippen LogP contribution in [0.1, 0.15) is 44.4 Å². The van der Waals surface area contributed by atoms with E-state index >= 15 is 0 Å². The fraction of sp³-hybridized carbons (Fsp3) is 0.579. The van der Waals surface area contributed by atoms with Gasteiger partial charge in [-0.05, 0) is 80.5 Å². The molecule has 0 atom stereocenters. The van der Waals surface area contributed by atoms with Gasteiger partial charge in [0.2, 0.25) is 11.8 Å². The van der Waals surface area contributed by atoms with E-state index in [2.05, 4.69) is 22.0 Å². The SMILES string of the molecule is Clc1ccc(-c2nnc(CSC34CC5CC(CC(C5)C3)C4)o2)cc1. The van der Waals surface area contributed by atoms with E-state index in [1.807, 2.05) is 24.3 Å². The molecule has 4 saturated carbocycles. The van der Waals surface area contributed by atoms with Gasteiger partial charge in [0.1, 0.15) is 0 Å². The molecule has 0 saturated heterocycles. The molecule has 4 aliphatic rings. The van der Waals surface area contributed by atoms with Crippen LogP contribution in [0.2, 0.25) is 5.02 Å². The van der Waals surface area contributed by atoms with Crippen molar-refractivity contribution in [3.05, 3.63) is 35.2 Å². The lowest BCUT2D eigenvalue weighted by Crippen LogP contribution is -2.48. The Morgan fingerprint density at radius 3 is 2.25 bits per heavy atom. The van der Waals surface area contributed by atoms with Gasteiger partial charge in [0.05, 0.1) is 5.75 Å². The molecule has 1 heterocycles. The second kappa shape index (κ2) is 5.77. The van der Waals surface area contributed by atoms with Crippen LogP contribution in [-0.4, -0.2) is 14.9 Å². The third-order valence-electron chi connectivity index (χ3n) is 6.04. The quantitative estimate of drug-likeness (QED) is 0.712. The average Bonchev–Trinajstić information content (AvgIpc) is 3.01. The number of nitrogens with zero attached hydrogens (tertiary/aromatic N) is 2. The van der Waals surface area contributed by atoms with Crippen LogP contribution in [0.5, 0.6) is 0 Å². The molecular formula is C19H21ClN2OS. The van der Waals surface area contributed by atoms with Gasteiger partial charge in [-0.15, -0.1) is 22.0 Å². The highest BCUT2D eigenvalue weighted by Gasteiger charge is 2.51. The summed E-state index contributed by atoms with van der Waals surface area (Å²) in [7, 11) is 0. The van der Waals surface area contributed by atoms with E-state index in [-0.39, 0.29) is 0 Å². The molecule has 0 radical (unpaired) electrons. The molecule has 1 aromatic heterocycles. The molecule has 2 aromatic rings. The first-order chi connectivity index (χ1) is 11.7. The summed E-state index contributed by atoms with van der Waals surface area (Å²) in [5, 5.41) is 9.19. The van der Waals surface area contributed by atoms with Crippen molar-refractivity contribution in [2.45, 2.75) is 49.0 Å². The van der Waals surface area contributed by atoms with E-state index in [4.69, 9.17) is 16.0 Å². The van der Waals surface area contributed by atoms with Crippen molar-refractivity contribution in [3.63, 3.8) is 0 Å². The molecule has 0 aliphatic heterocycles. The van der Waals surface area contributed by atoms with Crippen molar-refractivity contribution in [3.8, 4) is 11.5 Å². The zero-order valence-electron chi connectivity index (χ0n) is 13.6. The van der Waals surface area contributed by atoms with Gasteiger partial charge in [0.15, 0.2) is 0 Å². The molecule has 3 nitrogen and oxygen atoms in total. The van der Waals surface area contributed by atoms with Gasteiger partial charge in [0, 0.05) is 15.3 Å². The van der Waals surface area contributed by atoms with Gasteiger partial charge < -0.3 is 4.42 Å². The second-order valence-electron chi connectivity index (χ2n) is 7.90. The van der Waals surface area contributed by atoms with Crippen LogP contribution in [0.15, 0.2) is 28.7 Å². The van der Waals surface area contributed by atoms with Gasteiger partial charge >= 0.3 is 0 Å². The fourth-order valence-electron chi connectivity index (χ4n) is 5.44. The number of aromatic nitrogens is 2. The van der Waals surface area contributed by atoms with Crippen molar-refractivity contribution in [1.82, 2.24) is 10.2 Å². The van der Waals surface area contributed by atoms with Crippen molar-refractivity contribution in [2.24, 2.45) is 17.8 Å². The summed E-state index contributed by atoms with van der Waals surface area (Å²) in [5.41, 5.74) is 0.929. The normalized spacial score (nSPS) is 34.0. The van der Waals surface area contributed by atoms with Crippen molar-refractivity contribution in [1.29, 1.82) is 0 Å². The smallest absolute Gasteiger partial charge is 0.247 e. The highest BCUT2D eigenvalue weighted by Crippen LogP contribution is 2.61. The Balaban J connectivity index is 1.28. The summed E-state index contributed by atoms with van der Waals surface area (Å²) in [6, 6.07) is 7.55. The maximum atomic E-state index is 5.93. The Labute approximate surface area is 151 Å². The van der Waals surface area contributed by atoms with Crippen LogP contribution < -0.4 is 0 Å². The highest BCUT2D eigenvalue weighted by molar-refractivity contribution is 7.99. The Bertz CT molecular complexity index is 707. The molecule has 0 N–H and O–H groups in total. The predicted octanol–water partition coefficient (Wildman–Crippen LogP) is 5.59. The highest BCUT2D eigenvalue weighted by atomic mass is 35.5. The number of thioether (sulfide) groups is 1. The van der Waals surface area contributed by atoms with Crippen molar-refractivity contribution < 1.29 is 4.42 Å². The minimum absolute atomic E-state index is 0.490. The second-order valence-corrected chi connectivity index (χ2v) is 9.78. The van der Waals surface area contributed by atoms with E-state index in [0.717, 1.165) is 40.0 Å². The van der Waals surface area contributed by atoms with Crippen LogP contribution >= 0.6 is 23.4 Å². The summed E-state index contributed by atoms with van der Waals surface area (Å²) in [4.78, 5) is 0. The molecular weight excluding hydrogens is 340 g/mol. The Hall–Kier alpha value is -1.00. The molecule has 24 heavy (non-hydrogen) atoms. The molecule has 4 aliphatic carbocycles. The minimum atomic E-state index is 0.490. The fourth-order valence-corrected chi connectivity index (χ4v) is 7.18. The van der Waals surface area contributed by atoms with Gasteiger partial charge in [-0.1, -0.05) is 11.6 Å². The molecule has 5 heteroatoms. The number of hydrogen-bond donors (Lipinski definition) is 0. The maximum absolute atomic E-state index is 5.93. The third-order valence-corrected chi connectivity index (χ3v) is 7.80. The van der Waals surface area contributed by atoms with Crippen LogP contribution in [-0.2, 0) is 5.75 Å². The van der Waals surface area contributed by atoms with E-state index in [0.29, 0.717) is 10.6 Å². The van der Waals surface area contributed by atoms with E-state index in [1.165, 1.54) is 38.5 Å². The Morgan fingerprint density at radius 2 is 1.62 bits per heavy atom. The van der Waals surface area contributed by atoms with E-state index in [9.17, 15) is 0 Å². The Morgan fingerprint density at radius 1 is 1.00 bits per heavy atom. The van der Waals surface area contributed by atoms with Gasteiger partial charge in [-0.25, -0.2) is 0 Å². The standard InChI is InChI=1S/C19H21ClN2OS/c20-16-3-1-15(2-4-16)18-22-21-17(23-18)11-24-19-8-12-5-13(9-19)7-14(6-12)10-19/h1-4,12-14H,5-11H2. The lowest BCUT2D eigenvalue weighted by Gasteiger charge is -2.56. The molecule has 1 aromatic carbocycles. The topological polar surface area (TPSA) is 38.9 Å². The van der Waals surface area contributed by atoms with E-state index < -0.39 is 0 Å². The molecule has 0 spiro atoms. The molecule has 6 rings (SSSR count). The Kier molecular flexibility index (Phi) is 3.67. The van der Waals surface area contributed by atoms with E-state index in [1.54, 1.807) is 0 Å². The summed E-state index contributed by atoms with van der Waals surface area (Å²) in [6.07, 6.45) is 8.68. The summed E-state index contributed by atoms with van der Waals surface area (Å²) in [5.74, 6) is 5.13. The van der Waals surface area contributed by atoms with Crippen LogP contribution in [0.25, 0.3) is 11.5 Å². The van der Waals surface area contributed by atoms with Gasteiger partial charge in [0.25, 0.3) is 0 Å². The molecule has 0 unspecified atom stereocenters. The first-order valence-electron chi connectivity index (χ1n) is 8.90. The summed E-state index contributed by atoms with van der Waals surface area (Å²) < 4.78 is 6.38. The lowest BCUT2D eigenvalue weighted by atomic mass is 9.56. The van der Waals surface area contributed by atoms with Crippen LogP contribution in [0.3, 0.4) is 0 Å². The number of rotatable bonds is 4. The lowest BCUT2D eigenvalue weighted by molar-refractivity contribution is 0.0382. The van der Waals surface area contributed by atoms with Gasteiger partial charge in [-0.3, -0.25) is 0 Å². The minimum Gasteiger partial charge on any atom is -0.420 e. The number of benzene rings is 1. The number of halogens is 1. The maximum Gasteiger partial charge on any atom is 0.247 e. The summed E-state index contributed by atoms with van der Waals surface area (Å²) >= 11 is 8.01. The van der Waals surface area contributed by atoms with Crippen molar-refractivity contribution in [2.75, 3.05) is 0 Å². The first kappa shape index (κ1) is 15.3. The molecule has 4 bridgehead atoms. The van der Waals surface area contributed by atoms with Gasteiger partial charge in [-0.2, -0.15) is 0 Å². The third kappa shape index (κ3) is 2.78. The molecule has 4 fully saturated rings. The predicted molar refractivity (Wildman–Crippen MR) is 96.9 cm³/mol. The largest absolute Gasteiger partial charge is 0.420 e. The first-order valence-corrected chi connectivity index (χ1v) is 10.3. The van der Waals surface area contributed by atoms with Crippen LogP contribution in [0, 0.1) is 17.8 Å². The monoisotopic (exact) mass is 360 g/mol. The molecule has 0 amide bonds. The zero-order chi connectivity index (χ0) is 16.1. The average molecular weight is 361 g/mol.